The molecule has 1 aliphatic carbocycles. The molecular formula is C24H20BNO2. The van der Waals surface area contributed by atoms with Gasteiger partial charge in [0.05, 0.1) is 5.52 Å². The van der Waals surface area contributed by atoms with Crippen molar-refractivity contribution in [2.75, 3.05) is 0 Å². The largest absolute Gasteiger partial charge is 0.488 e. The molecule has 0 saturated heterocycles. The van der Waals surface area contributed by atoms with E-state index in [2.05, 4.69) is 65.3 Å². The van der Waals surface area contributed by atoms with E-state index in [-0.39, 0.29) is 0 Å². The van der Waals surface area contributed by atoms with Crippen molar-refractivity contribution in [2.45, 2.75) is 12.8 Å². The van der Waals surface area contributed by atoms with E-state index >= 15 is 0 Å². The van der Waals surface area contributed by atoms with Crippen LogP contribution in [0.5, 0.6) is 0 Å². The van der Waals surface area contributed by atoms with E-state index in [1.54, 1.807) is 6.07 Å². The minimum Gasteiger partial charge on any atom is -0.423 e. The van der Waals surface area contributed by atoms with Gasteiger partial charge in [-0.25, -0.2) is 0 Å². The Morgan fingerprint density at radius 2 is 1.61 bits per heavy atom. The molecule has 0 atom stereocenters. The van der Waals surface area contributed by atoms with Crippen LogP contribution in [0.15, 0.2) is 78.9 Å². The first-order valence-corrected chi connectivity index (χ1v) is 9.58. The molecule has 0 bridgehead atoms. The van der Waals surface area contributed by atoms with Crippen molar-refractivity contribution in [1.29, 1.82) is 0 Å². The Morgan fingerprint density at radius 1 is 0.821 bits per heavy atom. The van der Waals surface area contributed by atoms with Crippen molar-refractivity contribution in [3.8, 4) is 16.8 Å². The van der Waals surface area contributed by atoms with Crippen LogP contribution in [0.2, 0.25) is 0 Å². The van der Waals surface area contributed by atoms with Crippen molar-refractivity contribution in [3.63, 3.8) is 0 Å². The van der Waals surface area contributed by atoms with E-state index in [1.807, 2.05) is 18.2 Å². The zero-order chi connectivity index (χ0) is 19.1. The number of nitrogens with zero attached hydrogens (tertiary/aromatic N) is 1. The zero-order valence-corrected chi connectivity index (χ0v) is 15.4. The predicted molar refractivity (Wildman–Crippen MR) is 116 cm³/mol. The molecule has 4 aromatic rings. The first kappa shape index (κ1) is 17.1. The lowest BCUT2D eigenvalue weighted by atomic mass is 9.79. The molecule has 4 heteroatoms. The fourth-order valence-corrected chi connectivity index (χ4v) is 4.17. The van der Waals surface area contributed by atoms with Crippen LogP contribution in [-0.2, 0) is 6.42 Å². The Hall–Kier alpha value is -3.08. The molecular weight excluding hydrogens is 345 g/mol. The summed E-state index contributed by atoms with van der Waals surface area (Å²) in [5.74, 6) is 0. The molecule has 0 unspecified atom stereocenters. The summed E-state index contributed by atoms with van der Waals surface area (Å²) < 4.78 is 2.36. The quantitative estimate of drug-likeness (QED) is 0.541. The maximum absolute atomic E-state index is 9.50. The average Bonchev–Trinajstić information content (AvgIpc) is 3.08. The number of benzene rings is 3. The lowest BCUT2D eigenvalue weighted by molar-refractivity contribution is 0.426. The molecule has 3 nitrogen and oxygen atoms in total. The summed E-state index contributed by atoms with van der Waals surface area (Å²) in [5.41, 5.74) is 7.53. The van der Waals surface area contributed by atoms with Gasteiger partial charge in [-0.2, -0.15) is 0 Å². The smallest absolute Gasteiger partial charge is 0.423 e. The van der Waals surface area contributed by atoms with Crippen LogP contribution in [-0.4, -0.2) is 21.7 Å². The second-order valence-corrected chi connectivity index (χ2v) is 7.20. The first-order valence-electron chi connectivity index (χ1n) is 9.58. The van der Waals surface area contributed by atoms with Gasteiger partial charge in [0.2, 0.25) is 0 Å². The van der Waals surface area contributed by atoms with Crippen LogP contribution >= 0.6 is 0 Å². The highest BCUT2D eigenvalue weighted by Crippen LogP contribution is 2.34. The molecule has 0 fully saturated rings. The summed E-state index contributed by atoms with van der Waals surface area (Å²) in [6.07, 6.45) is 6.57. The summed E-state index contributed by atoms with van der Waals surface area (Å²) in [5, 5.41) is 20.3. The molecule has 28 heavy (non-hydrogen) atoms. The number of para-hydroxylation sites is 1. The molecule has 1 aliphatic rings. The Labute approximate surface area is 164 Å². The number of allylic oxidation sites excluding steroid dienone is 1. The fourth-order valence-electron chi connectivity index (χ4n) is 4.17. The van der Waals surface area contributed by atoms with E-state index in [9.17, 15) is 10.0 Å². The van der Waals surface area contributed by atoms with Crippen molar-refractivity contribution >= 4 is 29.6 Å². The lowest BCUT2D eigenvalue weighted by Crippen LogP contribution is -2.29. The minimum absolute atomic E-state index is 0.497. The maximum atomic E-state index is 9.50. The van der Waals surface area contributed by atoms with Crippen LogP contribution in [0.25, 0.3) is 33.8 Å². The third-order valence-electron chi connectivity index (χ3n) is 5.47. The SMILES string of the molecule is OB(O)c1cccc(-c2cccc(-n3c4c(c5ccccc53)C=CCC4)c2)c1. The molecule has 0 saturated carbocycles. The Bertz CT molecular complexity index is 1210. The van der Waals surface area contributed by atoms with Gasteiger partial charge >= 0.3 is 7.12 Å². The highest BCUT2D eigenvalue weighted by Gasteiger charge is 2.18. The Morgan fingerprint density at radius 3 is 2.46 bits per heavy atom. The number of aromatic nitrogens is 1. The van der Waals surface area contributed by atoms with Gasteiger partial charge in [0.1, 0.15) is 0 Å². The molecule has 1 heterocycles. The molecule has 0 spiro atoms. The summed E-state index contributed by atoms with van der Waals surface area (Å²) in [6, 6.07) is 24.4. The van der Waals surface area contributed by atoms with Crippen molar-refractivity contribution < 1.29 is 10.0 Å². The third-order valence-corrected chi connectivity index (χ3v) is 5.47. The normalized spacial score (nSPS) is 12.9. The van der Waals surface area contributed by atoms with Crippen LogP contribution in [0.3, 0.4) is 0 Å². The fraction of sp³-hybridized carbons (Fsp3) is 0.0833. The predicted octanol–water partition coefficient (Wildman–Crippen LogP) is 3.94. The van der Waals surface area contributed by atoms with Gasteiger partial charge in [-0.05, 0) is 47.6 Å². The maximum Gasteiger partial charge on any atom is 0.488 e. The average molecular weight is 365 g/mol. The molecule has 0 radical (unpaired) electrons. The number of rotatable bonds is 3. The van der Waals surface area contributed by atoms with E-state index in [4.69, 9.17) is 0 Å². The Balaban J connectivity index is 1.69. The molecule has 2 N–H and O–H groups in total. The first-order chi connectivity index (χ1) is 13.7. The summed E-state index contributed by atoms with van der Waals surface area (Å²) >= 11 is 0. The van der Waals surface area contributed by atoms with E-state index in [0.29, 0.717) is 5.46 Å². The second-order valence-electron chi connectivity index (χ2n) is 7.20. The monoisotopic (exact) mass is 365 g/mol. The summed E-state index contributed by atoms with van der Waals surface area (Å²) in [6.45, 7) is 0. The zero-order valence-electron chi connectivity index (χ0n) is 15.4. The second kappa shape index (κ2) is 6.82. The third kappa shape index (κ3) is 2.78. The van der Waals surface area contributed by atoms with Gasteiger partial charge in [-0.15, -0.1) is 0 Å². The molecule has 0 aliphatic heterocycles. The topological polar surface area (TPSA) is 45.4 Å². The highest BCUT2D eigenvalue weighted by atomic mass is 16.4. The number of hydrogen-bond donors (Lipinski definition) is 2. The van der Waals surface area contributed by atoms with Crippen molar-refractivity contribution in [3.05, 3.63) is 90.1 Å². The number of hydrogen-bond acceptors (Lipinski definition) is 2. The lowest BCUT2D eigenvalue weighted by Gasteiger charge is -2.15. The van der Waals surface area contributed by atoms with Gasteiger partial charge in [0.25, 0.3) is 0 Å². The van der Waals surface area contributed by atoms with Crippen LogP contribution in [0.4, 0.5) is 0 Å². The molecule has 0 amide bonds. The van der Waals surface area contributed by atoms with Gasteiger partial charge < -0.3 is 14.6 Å². The van der Waals surface area contributed by atoms with Crippen molar-refractivity contribution in [1.82, 2.24) is 4.57 Å². The van der Waals surface area contributed by atoms with Crippen LogP contribution in [0, 0.1) is 0 Å². The van der Waals surface area contributed by atoms with E-state index in [0.717, 1.165) is 29.7 Å². The van der Waals surface area contributed by atoms with E-state index < -0.39 is 7.12 Å². The van der Waals surface area contributed by atoms with Gasteiger partial charge in [-0.1, -0.05) is 66.7 Å². The summed E-state index contributed by atoms with van der Waals surface area (Å²) in [7, 11) is -1.46. The number of fused-ring (bicyclic) bond motifs is 3. The van der Waals surface area contributed by atoms with E-state index in [1.165, 1.54) is 22.2 Å². The summed E-state index contributed by atoms with van der Waals surface area (Å²) in [4.78, 5) is 0. The molecule has 136 valence electrons. The van der Waals surface area contributed by atoms with Crippen LogP contribution < -0.4 is 5.46 Å². The van der Waals surface area contributed by atoms with Gasteiger partial charge in [0.15, 0.2) is 0 Å². The highest BCUT2D eigenvalue weighted by molar-refractivity contribution is 6.58. The molecule has 1 aromatic heterocycles. The van der Waals surface area contributed by atoms with Crippen molar-refractivity contribution in [2.24, 2.45) is 0 Å². The Kier molecular flexibility index (Phi) is 4.16. The molecule has 3 aromatic carbocycles. The molecule has 5 rings (SSSR count). The van der Waals surface area contributed by atoms with Crippen LogP contribution in [0.1, 0.15) is 17.7 Å². The van der Waals surface area contributed by atoms with Gasteiger partial charge in [0, 0.05) is 22.3 Å². The van der Waals surface area contributed by atoms with Gasteiger partial charge in [-0.3, -0.25) is 0 Å². The standard InChI is InChI=1S/C24H20BNO2/c27-25(28)19-9-5-7-17(15-19)18-8-6-10-20(16-18)26-23-13-3-1-11-21(23)22-12-2-4-14-24(22)26/h1-3,5-13,15-16,27-28H,4,14H2. The minimum atomic E-state index is -1.46.